The summed E-state index contributed by atoms with van der Waals surface area (Å²) < 4.78 is 0. The van der Waals surface area contributed by atoms with Gasteiger partial charge in [-0.3, -0.25) is 0 Å². The second kappa shape index (κ2) is 5.67. The van der Waals surface area contributed by atoms with Crippen LogP contribution in [0.2, 0.25) is 0 Å². The highest BCUT2D eigenvalue weighted by atomic mass is 32.2. The normalized spacial score (nSPS) is 13.8. The topological polar surface area (TPSA) is 78.5 Å². The van der Waals surface area contributed by atoms with Crippen molar-refractivity contribution in [2.24, 2.45) is 5.73 Å². The maximum absolute atomic E-state index is 9.58. The predicted molar refractivity (Wildman–Crippen MR) is 68.0 cm³/mol. The molecule has 0 fully saturated rings. The Kier molecular flexibility index (Phi) is 4.52. The van der Waals surface area contributed by atoms with Gasteiger partial charge in [0.25, 0.3) is 0 Å². The van der Waals surface area contributed by atoms with E-state index in [2.05, 4.69) is 5.32 Å². The molecule has 0 spiro atoms. The number of phenolic OH excluding ortho intramolecular Hbond substituents is 2. The number of hydrogen-bond donors (Lipinski definition) is 4. The number of aromatic hydroxyl groups is 2. The number of phenols is 2. The molecule has 16 heavy (non-hydrogen) atoms. The van der Waals surface area contributed by atoms with Crippen molar-refractivity contribution < 1.29 is 10.2 Å². The first kappa shape index (κ1) is 12.7. The molecule has 1 atom stereocenters. The van der Waals surface area contributed by atoms with Crippen LogP contribution in [-0.4, -0.2) is 22.6 Å². The lowest BCUT2D eigenvalue weighted by atomic mass is 10.1. The van der Waals surface area contributed by atoms with Gasteiger partial charge in [-0.1, -0.05) is 0 Å². The Morgan fingerprint density at radius 3 is 2.75 bits per heavy atom. The molecule has 4 nitrogen and oxygen atoms in total. The van der Waals surface area contributed by atoms with E-state index in [-0.39, 0.29) is 16.9 Å². The molecule has 0 radical (unpaired) electrons. The van der Waals surface area contributed by atoms with E-state index >= 15 is 0 Å². The molecular weight excluding hydrogens is 224 g/mol. The SMILES string of the molecule is CNC(C)S/C=C(\N)c1ccc(O)cc1O. The lowest BCUT2D eigenvalue weighted by Gasteiger charge is -2.08. The molecule has 0 bridgehead atoms. The van der Waals surface area contributed by atoms with Crippen LogP contribution in [0.5, 0.6) is 11.5 Å². The third-order valence-corrected chi connectivity index (χ3v) is 3.13. The molecule has 5 N–H and O–H groups in total. The summed E-state index contributed by atoms with van der Waals surface area (Å²) in [6.07, 6.45) is 0. The van der Waals surface area contributed by atoms with Gasteiger partial charge in [0.15, 0.2) is 0 Å². The van der Waals surface area contributed by atoms with E-state index < -0.39 is 0 Å². The van der Waals surface area contributed by atoms with Crippen molar-refractivity contribution in [3.05, 3.63) is 29.2 Å². The van der Waals surface area contributed by atoms with Crippen LogP contribution in [0.4, 0.5) is 0 Å². The molecule has 88 valence electrons. The Bertz CT molecular complexity index is 394. The molecule has 0 aromatic heterocycles. The fourth-order valence-electron chi connectivity index (χ4n) is 1.07. The highest BCUT2D eigenvalue weighted by Gasteiger charge is 2.05. The third kappa shape index (κ3) is 3.36. The second-order valence-corrected chi connectivity index (χ2v) is 4.56. The lowest BCUT2D eigenvalue weighted by molar-refractivity contribution is 0.449. The molecule has 1 unspecified atom stereocenters. The minimum absolute atomic E-state index is 0.0188. The van der Waals surface area contributed by atoms with E-state index in [0.717, 1.165) is 0 Å². The Balaban J connectivity index is 2.83. The quantitative estimate of drug-likeness (QED) is 0.602. The van der Waals surface area contributed by atoms with E-state index in [0.29, 0.717) is 11.3 Å². The summed E-state index contributed by atoms with van der Waals surface area (Å²) in [6, 6.07) is 4.34. The molecule has 0 aliphatic carbocycles. The van der Waals surface area contributed by atoms with Crippen molar-refractivity contribution in [2.75, 3.05) is 7.05 Å². The Morgan fingerprint density at radius 2 is 2.19 bits per heavy atom. The zero-order valence-electron chi connectivity index (χ0n) is 9.27. The molecule has 1 aromatic carbocycles. The number of benzene rings is 1. The number of nitrogens with one attached hydrogen (secondary N) is 1. The van der Waals surface area contributed by atoms with E-state index in [1.807, 2.05) is 14.0 Å². The molecular formula is C11H16N2O2S. The molecule has 0 amide bonds. The molecule has 5 heteroatoms. The smallest absolute Gasteiger partial charge is 0.128 e. The zero-order chi connectivity index (χ0) is 12.1. The predicted octanol–water partition coefficient (Wildman–Crippen LogP) is 1.65. The van der Waals surface area contributed by atoms with Gasteiger partial charge in [0, 0.05) is 17.3 Å². The molecule has 0 heterocycles. The first-order valence-corrected chi connectivity index (χ1v) is 5.79. The molecule has 0 aliphatic heterocycles. The zero-order valence-corrected chi connectivity index (χ0v) is 10.1. The Hall–Kier alpha value is -1.33. The minimum Gasteiger partial charge on any atom is -0.508 e. The van der Waals surface area contributed by atoms with Gasteiger partial charge in [-0.05, 0) is 31.5 Å². The number of hydrogen-bond acceptors (Lipinski definition) is 5. The molecule has 0 saturated heterocycles. The molecule has 0 aliphatic rings. The summed E-state index contributed by atoms with van der Waals surface area (Å²) in [5.74, 6) is -0.00300. The van der Waals surface area contributed by atoms with Crippen molar-refractivity contribution in [1.29, 1.82) is 0 Å². The summed E-state index contributed by atoms with van der Waals surface area (Å²) in [7, 11) is 1.86. The largest absolute Gasteiger partial charge is 0.508 e. The minimum atomic E-state index is -0.0218. The van der Waals surface area contributed by atoms with Gasteiger partial charge in [0.1, 0.15) is 11.5 Å². The van der Waals surface area contributed by atoms with Crippen molar-refractivity contribution >= 4 is 17.5 Å². The van der Waals surface area contributed by atoms with Gasteiger partial charge in [-0.2, -0.15) is 0 Å². The maximum atomic E-state index is 9.58. The van der Waals surface area contributed by atoms with Crippen molar-refractivity contribution in [1.82, 2.24) is 5.32 Å². The van der Waals surface area contributed by atoms with Crippen molar-refractivity contribution in [3.63, 3.8) is 0 Å². The maximum Gasteiger partial charge on any atom is 0.128 e. The van der Waals surface area contributed by atoms with Gasteiger partial charge in [0.05, 0.1) is 5.37 Å². The first-order chi connectivity index (χ1) is 7.54. The van der Waals surface area contributed by atoms with Crippen LogP contribution in [0.3, 0.4) is 0 Å². The van der Waals surface area contributed by atoms with Crippen LogP contribution >= 0.6 is 11.8 Å². The Morgan fingerprint density at radius 1 is 1.50 bits per heavy atom. The van der Waals surface area contributed by atoms with Gasteiger partial charge < -0.3 is 21.3 Å². The van der Waals surface area contributed by atoms with Crippen molar-refractivity contribution in [3.8, 4) is 11.5 Å². The van der Waals surface area contributed by atoms with Gasteiger partial charge >= 0.3 is 0 Å². The lowest BCUT2D eigenvalue weighted by Crippen LogP contribution is -2.16. The summed E-state index contributed by atoms with van der Waals surface area (Å²) in [5.41, 5.74) is 6.82. The van der Waals surface area contributed by atoms with Crippen LogP contribution in [-0.2, 0) is 0 Å². The summed E-state index contributed by atoms with van der Waals surface area (Å²) in [6.45, 7) is 2.01. The molecule has 0 saturated carbocycles. The van der Waals surface area contributed by atoms with E-state index in [4.69, 9.17) is 10.8 Å². The number of rotatable bonds is 4. The van der Waals surface area contributed by atoms with E-state index in [1.165, 1.54) is 23.9 Å². The van der Waals surface area contributed by atoms with Crippen LogP contribution in [0.15, 0.2) is 23.6 Å². The van der Waals surface area contributed by atoms with Crippen LogP contribution in [0.25, 0.3) is 5.70 Å². The van der Waals surface area contributed by atoms with Gasteiger partial charge in [0.2, 0.25) is 0 Å². The summed E-state index contributed by atoms with van der Waals surface area (Å²) in [5, 5.41) is 23.8. The average Bonchev–Trinajstić information content (AvgIpc) is 2.25. The average molecular weight is 240 g/mol. The van der Waals surface area contributed by atoms with Crippen LogP contribution in [0.1, 0.15) is 12.5 Å². The van der Waals surface area contributed by atoms with Crippen LogP contribution < -0.4 is 11.1 Å². The second-order valence-electron chi connectivity index (χ2n) is 3.34. The van der Waals surface area contributed by atoms with E-state index in [1.54, 1.807) is 11.5 Å². The highest BCUT2D eigenvalue weighted by Crippen LogP contribution is 2.27. The van der Waals surface area contributed by atoms with E-state index in [9.17, 15) is 5.11 Å². The standard InChI is InChI=1S/C11H16N2O2S/c1-7(13-2)16-6-10(12)9-4-3-8(14)5-11(9)15/h3-7,13-15H,12H2,1-2H3/b10-6-. The Labute approximate surface area is 99.2 Å². The van der Waals surface area contributed by atoms with Gasteiger partial charge in [-0.25, -0.2) is 0 Å². The number of nitrogens with two attached hydrogens (primary N) is 1. The fraction of sp³-hybridized carbons (Fsp3) is 0.273. The van der Waals surface area contributed by atoms with Gasteiger partial charge in [-0.15, -0.1) is 11.8 Å². The summed E-state index contributed by atoms with van der Waals surface area (Å²) >= 11 is 1.52. The fourth-order valence-corrected chi connectivity index (χ4v) is 1.68. The highest BCUT2D eigenvalue weighted by molar-refractivity contribution is 8.02. The number of thioether (sulfide) groups is 1. The third-order valence-electron chi connectivity index (χ3n) is 2.10. The monoisotopic (exact) mass is 240 g/mol. The van der Waals surface area contributed by atoms with Crippen LogP contribution in [0, 0.1) is 0 Å². The summed E-state index contributed by atoms with van der Waals surface area (Å²) in [4.78, 5) is 0. The first-order valence-electron chi connectivity index (χ1n) is 4.85. The van der Waals surface area contributed by atoms with Crippen molar-refractivity contribution in [2.45, 2.75) is 12.3 Å². The molecule has 1 aromatic rings. The molecule has 1 rings (SSSR count).